The van der Waals surface area contributed by atoms with E-state index in [1.54, 1.807) is 18.2 Å². The number of benzene rings is 3. The summed E-state index contributed by atoms with van der Waals surface area (Å²) in [5.41, 5.74) is 1.58. The third kappa shape index (κ3) is 5.15. The molecular formula is C26H27N5O4. The number of nitro benzene ring substituents is 1. The maximum atomic E-state index is 13.6. The number of hydrogen-bond donors (Lipinski definition) is 3. The Labute approximate surface area is 201 Å². The molecule has 4 rings (SSSR count). The first kappa shape index (κ1) is 23.9. The number of carbonyl (C=O) groups excluding carboxylic acids is 1. The van der Waals surface area contributed by atoms with Crippen LogP contribution in [0.15, 0.2) is 65.5 Å². The maximum absolute atomic E-state index is 13.6. The van der Waals surface area contributed by atoms with Crippen molar-refractivity contribution in [1.29, 1.82) is 0 Å². The zero-order valence-electron chi connectivity index (χ0n) is 19.6. The second-order valence-corrected chi connectivity index (χ2v) is 8.57. The summed E-state index contributed by atoms with van der Waals surface area (Å²) >= 11 is 0. The summed E-state index contributed by atoms with van der Waals surface area (Å²) in [6.07, 6.45) is 0.762. The molecule has 1 aromatic heterocycles. The van der Waals surface area contributed by atoms with Gasteiger partial charge in [-0.25, -0.2) is 0 Å². The van der Waals surface area contributed by atoms with Crippen molar-refractivity contribution >= 4 is 39.1 Å². The summed E-state index contributed by atoms with van der Waals surface area (Å²) < 4.78 is 0. The zero-order valence-corrected chi connectivity index (χ0v) is 19.6. The van der Waals surface area contributed by atoms with E-state index >= 15 is 0 Å². The molecule has 0 fully saturated rings. The van der Waals surface area contributed by atoms with Crippen molar-refractivity contribution in [3.63, 3.8) is 0 Å². The molecule has 3 aromatic carbocycles. The highest BCUT2D eigenvalue weighted by Gasteiger charge is 2.21. The number of hydrogen-bond acceptors (Lipinski definition) is 6. The van der Waals surface area contributed by atoms with Crippen LogP contribution in [0.2, 0.25) is 0 Å². The second-order valence-electron chi connectivity index (χ2n) is 8.57. The lowest BCUT2D eigenvalue weighted by molar-refractivity contribution is -0.383. The molecule has 9 nitrogen and oxygen atoms in total. The predicted octanol–water partition coefficient (Wildman–Crippen LogP) is 3.88. The number of nitro groups is 1. The van der Waals surface area contributed by atoms with Gasteiger partial charge >= 0.3 is 0 Å². The Morgan fingerprint density at radius 3 is 2.51 bits per heavy atom. The molecule has 0 atom stereocenters. The minimum absolute atomic E-state index is 0.0943. The van der Waals surface area contributed by atoms with E-state index in [0.29, 0.717) is 18.8 Å². The molecule has 1 amide bonds. The Morgan fingerprint density at radius 1 is 1.03 bits per heavy atom. The van der Waals surface area contributed by atoms with Gasteiger partial charge in [-0.1, -0.05) is 36.4 Å². The number of carbonyl (C=O) groups is 1. The molecule has 35 heavy (non-hydrogen) atoms. The van der Waals surface area contributed by atoms with Gasteiger partial charge in [0.2, 0.25) is 0 Å². The van der Waals surface area contributed by atoms with Crippen molar-refractivity contribution in [1.82, 2.24) is 15.2 Å². The van der Waals surface area contributed by atoms with E-state index in [-0.39, 0.29) is 44.4 Å². The summed E-state index contributed by atoms with van der Waals surface area (Å²) in [7, 11) is 3.92. The van der Waals surface area contributed by atoms with E-state index in [1.165, 1.54) is 12.1 Å². The van der Waals surface area contributed by atoms with Crippen molar-refractivity contribution in [2.24, 2.45) is 0 Å². The Balaban J connectivity index is 1.83. The van der Waals surface area contributed by atoms with Crippen LogP contribution in [-0.2, 0) is 6.54 Å². The molecular weight excluding hydrogens is 446 g/mol. The topological polar surface area (TPSA) is 120 Å². The van der Waals surface area contributed by atoms with Gasteiger partial charge in [-0.3, -0.25) is 19.7 Å². The van der Waals surface area contributed by atoms with E-state index < -0.39 is 4.92 Å². The van der Waals surface area contributed by atoms with Crippen LogP contribution in [0.25, 0.3) is 21.8 Å². The van der Waals surface area contributed by atoms with Crippen LogP contribution in [0.4, 0.5) is 11.4 Å². The van der Waals surface area contributed by atoms with E-state index in [2.05, 4.69) is 15.6 Å². The van der Waals surface area contributed by atoms with Crippen molar-refractivity contribution < 1.29 is 9.72 Å². The number of aromatic nitrogens is 1. The van der Waals surface area contributed by atoms with Gasteiger partial charge in [0.1, 0.15) is 5.52 Å². The van der Waals surface area contributed by atoms with E-state index in [0.717, 1.165) is 18.5 Å². The van der Waals surface area contributed by atoms with Gasteiger partial charge in [0.05, 0.1) is 26.8 Å². The number of nitrogens with one attached hydrogen (secondary N) is 3. The molecule has 180 valence electrons. The highest BCUT2D eigenvalue weighted by molar-refractivity contribution is 6.11. The molecule has 0 saturated carbocycles. The van der Waals surface area contributed by atoms with Gasteiger partial charge in [-0.05, 0) is 50.8 Å². The van der Waals surface area contributed by atoms with Gasteiger partial charge in [-0.2, -0.15) is 0 Å². The summed E-state index contributed by atoms with van der Waals surface area (Å²) in [6, 6.07) is 17.4. The SMILES string of the molecule is CN(C)CCCNC(=O)c1ccc(NCc2ccccc2)c2c(=O)c3cccc([N+](=O)[O-])c3[nH]c12. The number of rotatable bonds is 9. The fraction of sp³-hybridized carbons (Fsp3) is 0.231. The summed E-state index contributed by atoms with van der Waals surface area (Å²) in [5.74, 6) is -0.350. The van der Waals surface area contributed by atoms with E-state index in [4.69, 9.17) is 0 Å². The standard InChI is InChI=1S/C26H27N5O4/c1-30(2)15-7-14-27-26(33)19-12-13-20(28-16-17-8-4-3-5-9-17)22-24(19)29-23-18(25(22)32)10-6-11-21(23)31(34)35/h3-6,8-13,28H,7,14-16H2,1-2H3,(H,27,33)(H,29,32). The van der Waals surface area contributed by atoms with Crippen LogP contribution >= 0.6 is 0 Å². The van der Waals surface area contributed by atoms with Gasteiger partial charge in [0, 0.05) is 24.8 Å². The van der Waals surface area contributed by atoms with Crippen LogP contribution in [0.5, 0.6) is 0 Å². The van der Waals surface area contributed by atoms with Gasteiger partial charge in [0.25, 0.3) is 11.6 Å². The molecule has 0 unspecified atom stereocenters. The third-order valence-electron chi connectivity index (χ3n) is 5.80. The monoisotopic (exact) mass is 473 g/mol. The molecule has 0 bridgehead atoms. The van der Waals surface area contributed by atoms with E-state index in [9.17, 15) is 19.7 Å². The van der Waals surface area contributed by atoms with Crippen LogP contribution in [0.3, 0.4) is 0 Å². The number of anilines is 1. The fourth-order valence-corrected chi connectivity index (χ4v) is 4.06. The summed E-state index contributed by atoms with van der Waals surface area (Å²) in [4.78, 5) is 42.8. The molecule has 0 radical (unpaired) electrons. The predicted molar refractivity (Wildman–Crippen MR) is 138 cm³/mol. The average Bonchev–Trinajstić information content (AvgIpc) is 2.85. The molecule has 0 aliphatic carbocycles. The number of nitrogens with zero attached hydrogens (tertiary/aromatic N) is 2. The Kier molecular flexibility index (Phi) is 7.07. The number of fused-ring (bicyclic) bond motifs is 2. The van der Waals surface area contributed by atoms with Gasteiger partial charge in [-0.15, -0.1) is 0 Å². The molecule has 1 heterocycles. The smallest absolute Gasteiger partial charge is 0.293 e. The Morgan fingerprint density at radius 2 is 1.80 bits per heavy atom. The highest BCUT2D eigenvalue weighted by Crippen LogP contribution is 2.29. The number of para-hydroxylation sites is 1. The number of non-ortho nitro benzene ring substituents is 1. The third-order valence-corrected chi connectivity index (χ3v) is 5.80. The lowest BCUT2D eigenvalue weighted by Crippen LogP contribution is -2.27. The molecule has 0 spiro atoms. The summed E-state index contributed by atoms with van der Waals surface area (Å²) in [6.45, 7) is 1.75. The molecule has 4 aromatic rings. The Bertz CT molecular complexity index is 1450. The number of aromatic amines is 1. The van der Waals surface area contributed by atoms with Crippen molar-refractivity contribution in [3.8, 4) is 0 Å². The minimum Gasteiger partial charge on any atom is -0.380 e. The molecule has 3 N–H and O–H groups in total. The number of amides is 1. The number of H-pyrrole nitrogens is 1. The largest absolute Gasteiger partial charge is 0.380 e. The maximum Gasteiger partial charge on any atom is 0.293 e. The lowest BCUT2D eigenvalue weighted by atomic mass is 10.0. The molecule has 0 aliphatic heterocycles. The average molecular weight is 474 g/mol. The van der Waals surface area contributed by atoms with Gasteiger partial charge in [0.15, 0.2) is 5.43 Å². The van der Waals surface area contributed by atoms with Crippen molar-refractivity contribution in [2.75, 3.05) is 32.5 Å². The first-order chi connectivity index (χ1) is 16.9. The zero-order chi connectivity index (χ0) is 24.9. The fourth-order valence-electron chi connectivity index (χ4n) is 4.06. The lowest BCUT2D eigenvalue weighted by Gasteiger charge is -2.15. The highest BCUT2D eigenvalue weighted by atomic mass is 16.6. The summed E-state index contributed by atoms with van der Waals surface area (Å²) in [5, 5.41) is 18.3. The first-order valence-electron chi connectivity index (χ1n) is 11.3. The van der Waals surface area contributed by atoms with Crippen LogP contribution in [-0.4, -0.2) is 47.9 Å². The van der Waals surface area contributed by atoms with E-state index in [1.807, 2.05) is 49.3 Å². The van der Waals surface area contributed by atoms with Crippen LogP contribution in [0.1, 0.15) is 22.3 Å². The Hall–Kier alpha value is -4.24. The van der Waals surface area contributed by atoms with Crippen molar-refractivity contribution in [3.05, 3.63) is 92.1 Å². The van der Waals surface area contributed by atoms with Crippen molar-refractivity contribution in [2.45, 2.75) is 13.0 Å². The molecule has 9 heteroatoms. The van der Waals surface area contributed by atoms with Crippen LogP contribution < -0.4 is 16.1 Å². The quantitative estimate of drug-likeness (QED) is 0.147. The van der Waals surface area contributed by atoms with Crippen LogP contribution in [0, 0.1) is 10.1 Å². The molecule has 0 aliphatic rings. The minimum atomic E-state index is -0.539. The second kappa shape index (κ2) is 10.4. The van der Waals surface area contributed by atoms with Gasteiger partial charge < -0.3 is 20.5 Å². The molecule has 0 saturated heterocycles. The number of pyridine rings is 1. The first-order valence-corrected chi connectivity index (χ1v) is 11.3. The normalized spacial score (nSPS) is 11.2.